The summed E-state index contributed by atoms with van der Waals surface area (Å²) in [6.07, 6.45) is 3.29. The number of hydrogen-bond acceptors (Lipinski definition) is 4. The molecule has 1 heterocycles. The predicted molar refractivity (Wildman–Crippen MR) is 85.7 cm³/mol. The number of nitrogens with zero attached hydrogens (tertiary/aromatic N) is 1. The standard InChI is InChI=1S/C15H22N2O3S/c1-3-20-15-6-4-5-14-13(15)7-10-17(14)11-8-16-9-12-21(2,18)19/h4-7,10,16H,3,8-9,11-12H2,1-2H3. The molecule has 0 amide bonds. The molecule has 6 heteroatoms. The van der Waals surface area contributed by atoms with E-state index >= 15 is 0 Å². The maximum absolute atomic E-state index is 11.0. The summed E-state index contributed by atoms with van der Waals surface area (Å²) in [6.45, 7) is 4.64. The normalized spacial score (nSPS) is 11.9. The molecule has 0 aliphatic rings. The van der Waals surface area contributed by atoms with Gasteiger partial charge in [-0.1, -0.05) is 6.07 Å². The van der Waals surface area contributed by atoms with Crippen molar-refractivity contribution in [3.8, 4) is 5.75 Å². The van der Waals surface area contributed by atoms with Gasteiger partial charge in [-0.15, -0.1) is 0 Å². The van der Waals surface area contributed by atoms with Crippen LogP contribution in [0.1, 0.15) is 6.92 Å². The fourth-order valence-corrected chi connectivity index (χ4v) is 2.77. The second-order valence-electron chi connectivity index (χ2n) is 5.01. The monoisotopic (exact) mass is 310 g/mol. The lowest BCUT2D eigenvalue weighted by Gasteiger charge is -2.08. The van der Waals surface area contributed by atoms with Gasteiger partial charge in [0.05, 0.1) is 17.9 Å². The van der Waals surface area contributed by atoms with Crippen molar-refractivity contribution in [1.82, 2.24) is 9.88 Å². The predicted octanol–water partition coefficient (Wildman–Crippen LogP) is 1.67. The molecule has 0 saturated carbocycles. The van der Waals surface area contributed by atoms with E-state index in [0.29, 0.717) is 13.2 Å². The van der Waals surface area contributed by atoms with Crippen LogP contribution in [0.5, 0.6) is 5.75 Å². The fourth-order valence-electron chi connectivity index (χ4n) is 2.25. The Labute approximate surface area is 125 Å². The Bertz CT molecular complexity index is 692. The quantitative estimate of drug-likeness (QED) is 0.754. The molecule has 0 atom stereocenters. The molecule has 0 aliphatic carbocycles. The van der Waals surface area contributed by atoms with Crippen molar-refractivity contribution < 1.29 is 13.2 Å². The first-order valence-electron chi connectivity index (χ1n) is 7.10. The van der Waals surface area contributed by atoms with Gasteiger partial charge in [0, 0.05) is 37.5 Å². The van der Waals surface area contributed by atoms with Crippen LogP contribution in [-0.4, -0.2) is 44.7 Å². The van der Waals surface area contributed by atoms with Crippen molar-refractivity contribution in [2.24, 2.45) is 0 Å². The number of sulfone groups is 1. The molecule has 21 heavy (non-hydrogen) atoms. The van der Waals surface area contributed by atoms with Gasteiger partial charge in [0.2, 0.25) is 0 Å². The van der Waals surface area contributed by atoms with Crippen LogP contribution >= 0.6 is 0 Å². The number of nitrogens with one attached hydrogen (secondary N) is 1. The van der Waals surface area contributed by atoms with Crippen LogP contribution in [0, 0.1) is 0 Å². The highest BCUT2D eigenvalue weighted by Gasteiger charge is 2.06. The minimum atomic E-state index is -2.89. The summed E-state index contributed by atoms with van der Waals surface area (Å²) in [7, 11) is -2.89. The maximum atomic E-state index is 11.0. The molecule has 2 aromatic rings. The topological polar surface area (TPSA) is 60.3 Å². The van der Waals surface area contributed by atoms with Gasteiger partial charge < -0.3 is 14.6 Å². The highest BCUT2D eigenvalue weighted by molar-refractivity contribution is 7.90. The van der Waals surface area contributed by atoms with Gasteiger partial charge in [0.15, 0.2) is 0 Å². The van der Waals surface area contributed by atoms with Gasteiger partial charge in [-0.3, -0.25) is 0 Å². The van der Waals surface area contributed by atoms with E-state index in [2.05, 4.69) is 22.0 Å². The lowest BCUT2D eigenvalue weighted by atomic mass is 10.2. The van der Waals surface area contributed by atoms with E-state index in [4.69, 9.17) is 4.74 Å². The molecule has 0 aliphatic heterocycles. The smallest absolute Gasteiger partial charge is 0.148 e. The average molecular weight is 310 g/mol. The third-order valence-electron chi connectivity index (χ3n) is 3.25. The third-order valence-corrected chi connectivity index (χ3v) is 4.20. The first-order chi connectivity index (χ1) is 10.0. The first-order valence-corrected chi connectivity index (χ1v) is 9.16. The Morgan fingerprint density at radius 1 is 1.24 bits per heavy atom. The summed E-state index contributed by atoms with van der Waals surface area (Å²) >= 11 is 0. The Morgan fingerprint density at radius 2 is 2.05 bits per heavy atom. The first kappa shape index (κ1) is 15.9. The summed E-state index contributed by atoms with van der Waals surface area (Å²) < 4.78 is 29.8. The lowest BCUT2D eigenvalue weighted by molar-refractivity contribution is 0.344. The van der Waals surface area contributed by atoms with Gasteiger partial charge in [-0.25, -0.2) is 8.42 Å². The molecule has 2 rings (SSSR count). The highest BCUT2D eigenvalue weighted by atomic mass is 32.2. The molecule has 0 spiro atoms. The van der Waals surface area contributed by atoms with Gasteiger partial charge >= 0.3 is 0 Å². The van der Waals surface area contributed by atoms with E-state index in [9.17, 15) is 8.42 Å². The summed E-state index contributed by atoms with van der Waals surface area (Å²) in [5.41, 5.74) is 1.13. The van der Waals surface area contributed by atoms with Crippen molar-refractivity contribution in [3.05, 3.63) is 30.5 Å². The molecule has 1 aromatic carbocycles. The van der Waals surface area contributed by atoms with Crippen LogP contribution in [-0.2, 0) is 16.4 Å². The highest BCUT2D eigenvalue weighted by Crippen LogP contribution is 2.26. The second kappa shape index (κ2) is 6.95. The molecule has 0 saturated heterocycles. The summed E-state index contributed by atoms with van der Waals surface area (Å²) in [6, 6.07) is 8.08. The van der Waals surface area contributed by atoms with Gasteiger partial charge in [0.25, 0.3) is 0 Å². The van der Waals surface area contributed by atoms with Crippen molar-refractivity contribution in [2.45, 2.75) is 13.5 Å². The number of ether oxygens (including phenoxy) is 1. The molecule has 116 valence electrons. The Balaban J connectivity index is 1.95. The number of rotatable bonds is 8. The van der Waals surface area contributed by atoms with Crippen molar-refractivity contribution in [3.63, 3.8) is 0 Å². The van der Waals surface area contributed by atoms with E-state index < -0.39 is 9.84 Å². The minimum Gasteiger partial charge on any atom is -0.493 e. The average Bonchev–Trinajstić information content (AvgIpc) is 2.82. The molecule has 0 fully saturated rings. The van der Waals surface area contributed by atoms with Crippen molar-refractivity contribution >= 4 is 20.7 Å². The van der Waals surface area contributed by atoms with Gasteiger partial charge in [-0.2, -0.15) is 0 Å². The van der Waals surface area contributed by atoms with E-state index in [0.717, 1.165) is 29.7 Å². The number of benzene rings is 1. The van der Waals surface area contributed by atoms with Crippen molar-refractivity contribution in [1.29, 1.82) is 0 Å². The fraction of sp³-hybridized carbons (Fsp3) is 0.467. The SMILES string of the molecule is CCOc1cccc2c1ccn2CCNCCS(C)(=O)=O. The van der Waals surface area contributed by atoms with Gasteiger partial charge in [0.1, 0.15) is 15.6 Å². The molecule has 0 bridgehead atoms. The summed E-state index contributed by atoms with van der Waals surface area (Å²) in [5.74, 6) is 1.08. The van der Waals surface area contributed by atoms with E-state index in [-0.39, 0.29) is 5.75 Å². The zero-order valence-electron chi connectivity index (χ0n) is 12.5. The third kappa shape index (κ3) is 4.47. The summed E-state index contributed by atoms with van der Waals surface area (Å²) in [4.78, 5) is 0. The largest absolute Gasteiger partial charge is 0.493 e. The van der Waals surface area contributed by atoms with Crippen LogP contribution in [0.15, 0.2) is 30.5 Å². The van der Waals surface area contributed by atoms with Crippen LogP contribution < -0.4 is 10.1 Å². The molecule has 0 radical (unpaired) electrons. The number of hydrogen-bond donors (Lipinski definition) is 1. The van der Waals surface area contributed by atoms with Crippen LogP contribution in [0.3, 0.4) is 0 Å². The van der Waals surface area contributed by atoms with E-state index in [1.807, 2.05) is 25.3 Å². The Kier molecular flexibility index (Phi) is 5.25. The van der Waals surface area contributed by atoms with Crippen LogP contribution in [0.2, 0.25) is 0 Å². The molecule has 1 aromatic heterocycles. The minimum absolute atomic E-state index is 0.175. The van der Waals surface area contributed by atoms with Crippen LogP contribution in [0.25, 0.3) is 10.9 Å². The number of fused-ring (bicyclic) bond motifs is 1. The Morgan fingerprint density at radius 3 is 2.76 bits per heavy atom. The van der Waals surface area contributed by atoms with Gasteiger partial charge in [-0.05, 0) is 25.1 Å². The maximum Gasteiger partial charge on any atom is 0.148 e. The molecule has 0 unspecified atom stereocenters. The van der Waals surface area contributed by atoms with Crippen molar-refractivity contribution in [2.75, 3.05) is 31.7 Å². The molecule has 1 N–H and O–H groups in total. The van der Waals surface area contributed by atoms with Crippen LogP contribution in [0.4, 0.5) is 0 Å². The van der Waals surface area contributed by atoms with E-state index in [1.54, 1.807) is 0 Å². The Hall–Kier alpha value is -1.53. The number of aromatic nitrogens is 1. The molecular weight excluding hydrogens is 288 g/mol. The summed E-state index contributed by atoms with van der Waals surface area (Å²) in [5, 5.41) is 4.26. The van der Waals surface area contributed by atoms with E-state index in [1.165, 1.54) is 6.26 Å². The zero-order valence-corrected chi connectivity index (χ0v) is 13.3. The second-order valence-corrected chi connectivity index (χ2v) is 7.27. The molecule has 5 nitrogen and oxygen atoms in total. The molecular formula is C15H22N2O3S. The zero-order chi connectivity index (χ0) is 15.3. The lowest BCUT2D eigenvalue weighted by Crippen LogP contribution is -2.25.